The fourth-order valence-electron chi connectivity index (χ4n) is 1.57. The van der Waals surface area contributed by atoms with Crippen LogP contribution in [0.3, 0.4) is 0 Å². The minimum Gasteiger partial charge on any atom is -0.396 e. The van der Waals surface area contributed by atoms with Crippen LogP contribution in [-0.2, 0) is 0 Å². The Balaban J connectivity index is 2.36. The second-order valence-corrected chi connectivity index (χ2v) is 4.34. The number of hydrogen-bond donors (Lipinski definition) is 1. The van der Waals surface area contributed by atoms with E-state index in [1.807, 2.05) is 0 Å². The van der Waals surface area contributed by atoms with Gasteiger partial charge >= 0.3 is 0 Å². The molecule has 4 heteroatoms. The van der Waals surface area contributed by atoms with Crippen LogP contribution in [0.5, 0.6) is 0 Å². The van der Waals surface area contributed by atoms with Crippen molar-refractivity contribution < 1.29 is 13.9 Å². The first-order valence-corrected chi connectivity index (χ1v) is 5.36. The maximum absolute atomic E-state index is 12.0. The molecule has 0 aliphatic carbocycles. The molecule has 0 aromatic rings. The predicted octanol–water partition coefficient (Wildman–Crippen LogP) is 2.00. The van der Waals surface area contributed by atoms with Crippen LogP contribution in [0, 0.1) is 11.8 Å². The Labute approximate surface area is 75.5 Å². The Hall–Kier alpha value is 0.170. The van der Waals surface area contributed by atoms with Gasteiger partial charge in [0, 0.05) is 13.0 Å². The molecule has 1 nitrogen and oxygen atoms in total. The molecule has 0 saturated carbocycles. The molecular weight excluding hydrogens is 182 g/mol. The Kier molecular flexibility index (Phi) is 4.29. The van der Waals surface area contributed by atoms with E-state index in [2.05, 4.69) is 0 Å². The minimum atomic E-state index is -2.22. The monoisotopic (exact) mass is 196 g/mol. The second kappa shape index (κ2) is 5.02. The molecule has 0 bridgehead atoms. The number of rotatable bonds is 3. The molecule has 1 rings (SSSR count). The highest BCUT2D eigenvalue weighted by atomic mass is 32.2. The lowest BCUT2D eigenvalue weighted by atomic mass is 9.89. The zero-order chi connectivity index (χ0) is 8.97. The molecule has 12 heavy (non-hydrogen) atoms. The summed E-state index contributed by atoms with van der Waals surface area (Å²) < 4.78 is 24.1. The van der Waals surface area contributed by atoms with E-state index < -0.39 is 6.43 Å². The van der Waals surface area contributed by atoms with Crippen molar-refractivity contribution in [3.8, 4) is 0 Å². The molecule has 72 valence electrons. The van der Waals surface area contributed by atoms with Gasteiger partial charge in [-0.15, -0.1) is 0 Å². The molecule has 1 heterocycles. The normalized spacial score (nSPS) is 31.0. The van der Waals surface area contributed by atoms with Crippen molar-refractivity contribution in [3.05, 3.63) is 0 Å². The summed E-state index contributed by atoms with van der Waals surface area (Å²) in [5.74, 6) is 1.93. The summed E-state index contributed by atoms with van der Waals surface area (Å²) in [4.78, 5) is 0. The van der Waals surface area contributed by atoms with E-state index in [1.54, 1.807) is 11.8 Å². The Morgan fingerprint density at radius 1 is 1.42 bits per heavy atom. The van der Waals surface area contributed by atoms with Crippen molar-refractivity contribution in [2.75, 3.05) is 18.1 Å². The summed E-state index contributed by atoms with van der Waals surface area (Å²) in [5, 5.41) is 8.92. The zero-order valence-electron chi connectivity index (χ0n) is 6.88. The van der Waals surface area contributed by atoms with E-state index in [0.717, 1.165) is 17.9 Å². The van der Waals surface area contributed by atoms with E-state index in [4.69, 9.17) is 5.11 Å². The predicted molar refractivity (Wildman–Crippen MR) is 46.6 cm³/mol. The summed E-state index contributed by atoms with van der Waals surface area (Å²) in [6.45, 7) is 0.0674. The molecule has 0 spiro atoms. The van der Waals surface area contributed by atoms with Gasteiger partial charge in [0.15, 0.2) is 0 Å². The van der Waals surface area contributed by atoms with Crippen molar-refractivity contribution in [2.45, 2.75) is 19.3 Å². The quantitative estimate of drug-likeness (QED) is 0.745. The van der Waals surface area contributed by atoms with Crippen molar-refractivity contribution in [2.24, 2.45) is 11.8 Å². The van der Waals surface area contributed by atoms with Crippen LogP contribution in [-0.4, -0.2) is 29.6 Å². The number of thioether (sulfide) groups is 1. The second-order valence-electron chi connectivity index (χ2n) is 3.19. The van der Waals surface area contributed by atoms with Gasteiger partial charge < -0.3 is 5.11 Å². The molecule has 0 amide bonds. The van der Waals surface area contributed by atoms with Gasteiger partial charge in [-0.25, -0.2) is 8.78 Å². The number of aliphatic hydroxyl groups excluding tert-OH is 1. The van der Waals surface area contributed by atoms with Gasteiger partial charge in [-0.05, 0) is 29.8 Å². The molecule has 1 fully saturated rings. The van der Waals surface area contributed by atoms with Gasteiger partial charge in [-0.1, -0.05) is 0 Å². The topological polar surface area (TPSA) is 20.2 Å². The average Bonchev–Trinajstić information content (AvgIpc) is 2.04. The summed E-state index contributed by atoms with van der Waals surface area (Å²) in [5.41, 5.74) is 0. The SMILES string of the molecule is OCC1CCSCC1CC(F)F. The molecule has 0 aromatic heterocycles. The summed E-state index contributed by atoms with van der Waals surface area (Å²) in [7, 11) is 0. The van der Waals surface area contributed by atoms with E-state index >= 15 is 0 Å². The summed E-state index contributed by atoms with van der Waals surface area (Å²) in [6.07, 6.45) is -1.38. The third-order valence-corrected chi connectivity index (χ3v) is 3.54. The van der Waals surface area contributed by atoms with E-state index in [1.165, 1.54) is 0 Å². The molecule has 1 saturated heterocycles. The first kappa shape index (κ1) is 10.3. The Morgan fingerprint density at radius 3 is 2.75 bits per heavy atom. The Morgan fingerprint density at radius 2 is 2.17 bits per heavy atom. The van der Waals surface area contributed by atoms with Crippen molar-refractivity contribution >= 4 is 11.8 Å². The van der Waals surface area contributed by atoms with Gasteiger partial charge in [0.2, 0.25) is 6.43 Å². The number of alkyl halides is 2. The van der Waals surface area contributed by atoms with Gasteiger partial charge in [0.1, 0.15) is 0 Å². The van der Waals surface area contributed by atoms with Crippen molar-refractivity contribution in [1.82, 2.24) is 0 Å². The molecule has 2 atom stereocenters. The van der Waals surface area contributed by atoms with Gasteiger partial charge in [0.05, 0.1) is 0 Å². The molecule has 2 unspecified atom stereocenters. The number of aliphatic hydroxyl groups is 1. The van der Waals surface area contributed by atoms with Crippen LogP contribution in [0.25, 0.3) is 0 Å². The average molecular weight is 196 g/mol. The molecule has 0 aromatic carbocycles. The molecular formula is C8H14F2OS. The zero-order valence-corrected chi connectivity index (χ0v) is 7.70. The third kappa shape index (κ3) is 2.90. The standard InChI is InChI=1S/C8H14F2OS/c9-8(10)3-7-5-12-2-1-6(7)4-11/h6-8,11H,1-5H2. The van der Waals surface area contributed by atoms with E-state index in [0.29, 0.717) is 0 Å². The fourth-order valence-corrected chi connectivity index (χ4v) is 2.92. The number of hydrogen-bond acceptors (Lipinski definition) is 2. The highest BCUT2D eigenvalue weighted by Crippen LogP contribution is 2.32. The Bertz CT molecular complexity index is 132. The number of halogens is 2. The molecule has 0 radical (unpaired) electrons. The highest BCUT2D eigenvalue weighted by molar-refractivity contribution is 7.99. The van der Waals surface area contributed by atoms with E-state index in [-0.39, 0.29) is 24.9 Å². The smallest absolute Gasteiger partial charge is 0.238 e. The lowest BCUT2D eigenvalue weighted by Gasteiger charge is -2.29. The summed E-state index contributed by atoms with van der Waals surface area (Å²) >= 11 is 1.72. The first-order valence-electron chi connectivity index (χ1n) is 4.20. The fraction of sp³-hybridized carbons (Fsp3) is 1.00. The van der Waals surface area contributed by atoms with Crippen LogP contribution in [0.15, 0.2) is 0 Å². The van der Waals surface area contributed by atoms with Crippen LogP contribution >= 0.6 is 11.8 Å². The van der Waals surface area contributed by atoms with Crippen LogP contribution in [0.4, 0.5) is 8.78 Å². The molecule has 1 aliphatic heterocycles. The van der Waals surface area contributed by atoms with Gasteiger partial charge in [0.25, 0.3) is 0 Å². The lowest BCUT2D eigenvalue weighted by Crippen LogP contribution is -2.27. The lowest BCUT2D eigenvalue weighted by molar-refractivity contribution is 0.0854. The van der Waals surface area contributed by atoms with Crippen LogP contribution in [0.2, 0.25) is 0 Å². The van der Waals surface area contributed by atoms with Gasteiger partial charge in [-0.2, -0.15) is 11.8 Å². The van der Waals surface area contributed by atoms with Gasteiger partial charge in [-0.3, -0.25) is 0 Å². The van der Waals surface area contributed by atoms with E-state index in [9.17, 15) is 8.78 Å². The van der Waals surface area contributed by atoms with Crippen molar-refractivity contribution in [3.63, 3.8) is 0 Å². The minimum absolute atomic E-state index is 0.0220. The molecule has 1 N–H and O–H groups in total. The maximum atomic E-state index is 12.0. The maximum Gasteiger partial charge on any atom is 0.238 e. The van der Waals surface area contributed by atoms with Crippen molar-refractivity contribution in [1.29, 1.82) is 0 Å². The highest BCUT2D eigenvalue weighted by Gasteiger charge is 2.27. The first-order chi connectivity index (χ1) is 5.74. The largest absolute Gasteiger partial charge is 0.396 e. The summed E-state index contributed by atoms with van der Waals surface area (Å²) in [6, 6.07) is 0. The van der Waals surface area contributed by atoms with Crippen LogP contribution < -0.4 is 0 Å². The molecule has 1 aliphatic rings. The van der Waals surface area contributed by atoms with Crippen LogP contribution in [0.1, 0.15) is 12.8 Å². The third-order valence-electron chi connectivity index (χ3n) is 2.35.